The Morgan fingerprint density at radius 2 is 1.96 bits per heavy atom. The number of aromatic amines is 1. The molecule has 0 aliphatic carbocycles. The molecule has 9 heteroatoms. The number of nitrogens with one attached hydrogen (secondary N) is 1. The van der Waals surface area contributed by atoms with Crippen LogP contribution in [0.15, 0.2) is 23.0 Å². The van der Waals surface area contributed by atoms with Crippen molar-refractivity contribution in [2.45, 2.75) is 39.5 Å². The van der Waals surface area contributed by atoms with Crippen LogP contribution in [-0.2, 0) is 25.7 Å². The summed E-state index contributed by atoms with van der Waals surface area (Å²) < 4.78 is 50.0. The van der Waals surface area contributed by atoms with Gasteiger partial charge in [0.25, 0.3) is 5.56 Å². The van der Waals surface area contributed by atoms with E-state index in [2.05, 4.69) is 4.98 Å². The lowest BCUT2D eigenvalue weighted by Gasteiger charge is -2.28. The molecular formula is C19H22F3N3O3. The largest absolute Gasteiger partial charge is 0.494 e. The number of benzene rings is 1. The number of hydrogen-bond acceptors (Lipinski definition) is 5. The summed E-state index contributed by atoms with van der Waals surface area (Å²) in [6.45, 7) is 5.97. The van der Waals surface area contributed by atoms with E-state index < -0.39 is 17.6 Å². The summed E-state index contributed by atoms with van der Waals surface area (Å²) in [5.74, 6) is 0.116. The molecule has 1 aliphatic rings. The van der Waals surface area contributed by atoms with Gasteiger partial charge in [-0.25, -0.2) is 4.98 Å². The third kappa shape index (κ3) is 4.46. The van der Waals surface area contributed by atoms with Crippen LogP contribution < -0.4 is 15.0 Å². The molecular weight excluding hydrogens is 375 g/mol. The van der Waals surface area contributed by atoms with Crippen molar-refractivity contribution >= 4 is 0 Å². The summed E-state index contributed by atoms with van der Waals surface area (Å²) >= 11 is 0. The summed E-state index contributed by atoms with van der Waals surface area (Å²) in [5.41, 5.74) is 0.676. The lowest BCUT2D eigenvalue weighted by molar-refractivity contribution is -0.145. The standard InChI is InChI=1S/C19H22F3N3O3/c1-3-27-13-6-5-12(16(9-13)28-4-2)10-25-8-7-14-15(11-25)23-18(19(20,21)22)24-17(14)26/h5-6,9H,3-4,7-8,10-11H2,1-2H3,(H,23,24,26). The second-order valence-electron chi connectivity index (χ2n) is 6.43. The van der Waals surface area contributed by atoms with Crippen molar-refractivity contribution < 1.29 is 22.6 Å². The summed E-state index contributed by atoms with van der Waals surface area (Å²) in [4.78, 5) is 19.4. The SMILES string of the molecule is CCOc1ccc(CN2CCc3c(nc(C(F)(F)F)[nH]c3=O)C2)c(OCC)c1. The van der Waals surface area contributed by atoms with Crippen molar-refractivity contribution in [3.63, 3.8) is 0 Å². The van der Waals surface area contributed by atoms with Gasteiger partial charge < -0.3 is 14.5 Å². The van der Waals surface area contributed by atoms with Gasteiger partial charge in [0.05, 0.1) is 18.9 Å². The van der Waals surface area contributed by atoms with Gasteiger partial charge in [0.15, 0.2) is 0 Å². The zero-order valence-corrected chi connectivity index (χ0v) is 15.7. The highest BCUT2D eigenvalue weighted by molar-refractivity contribution is 5.41. The number of alkyl halides is 3. The Balaban J connectivity index is 1.83. The molecule has 1 aliphatic heterocycles. The highest BCUT2D eigenvalue weighted by atomic mass is 19.4. The summed E-state index contributed by atoms with van der Waals surface area (Å²) in [6, 6.07) is 5.53. The quantitative estimate of drug-likeness (QED) is 0.811. The molecule has 0 fully saturated rings. The maximum absolute atomic E-state index is 12.9. The van der Waals surface area contributed by atoms with E-state index in [1.807, 2.05) is 41.9 Å². The minimum atomic E-state index is -4.69. The minimum Gasteiger partial charge on any atom is -0.494 e. The van der Waals surface area contributed by atoms with Gasteiger partial charge in [-0.2, -0.15) is 13.2 Å². The molecule has 28 heavy (non-hydrogen) atoms. The molecule has 0 bridgehead atoms. The minimum absolute atomic E-state index is 0.168. The van der Waals surface area contributed by atoms with Crippen molar-refractivity contribution in [2.24, 2.45) is 0 Å². The molecule has 0 atom stereocenters. The molecule has 2 aromatic rings. The number of halogens is 3. The molecule has 1 aromatic heterocycles. The summed E-state index contributed by atoms with van der Waals surface area (Å²) in [5, 5.41) is 0. The zero-order valence-electron chi connectivity index (χ0n) is 15.7. The number of fused-ring (bicyclic) bond motifs is 1. The van der Waals surface area contributed by atoms with E-state index in [-0.39, 0.29) is 12.2 Å². The molecule has 0 saturated heterocycles. The van der Waals surface area contributed by atoms with Crippen molar-refractivity contribution in [3.8, 4) is 11.5 Å². The van der Waals surface area contributed by atoms with Crippen LogP contribution in [0.1, 0.15) is 36.5 Å². The van der Waals surface area contributed by atoms with Gasteiger partial charge in [-0.1, -0.05) is 6.07 Å². The van der Waals surface area contributed by atoms with E-state index in [0.717, 1.165) is 5.56 Å². The Hall–Kier alpha value is -2.55. The number of rotatable bonds is 6. The third-order valence-corrected chi connectivity index (χ3v) is 4.46. The molecule has 152 valence electrons. The Morgan fingerprint density at radius 3 is 2.64 bits per heavy atom. The fourth-order valence-electron chi connectivity index (χ4n) is 3.22. The Labute approximate surface area is 160 Å². The van der Waals surface area contributed by atoms with E-state index in [1.54, 1.807) is 0 Å². The van der Waals surface area contributed by atoms with Gasteiger partial charge in [-0.3, -0.25) is 9.69 Å². The van der Waals surface area contributed by atoms with Crippen molar-refractivity contribution in [3.05, 3.63) is 51.2 Å². The second-order valence-corrected chi connectivity index (χ2v) is 6.43. The van der Waals surface area contributed by atoms with Crippen LogP contribution in [0.2, 0.25) is 0 Å². The number of hydrogen-bond donors (Lipinski definition) is 1. The maximum atomic E-state index is 12.9. The average molecular weight is 397 g/mol. The topological polar surface area (TPSA) is 67.5 Å². The van der Waals surface area contributed by atoms with Crippen LogP contribution in [-0.4, -0.2) is 34.6 Å². The summed E-state index contributed by atoms with van der Waals surface area (Å²) in [6.07, 6.45) is -4.34. The van der Waals surface area contributed by atoms with Crippen LogP contribution in [0.3, 0.4) is 0 Å². The van der Waals surface area contributed by atoms with Crippen molar-refractivity contribution in [1.82, 2.24) is 14.9 Å². The second kappa shape index (κ2) is 8.22. The lowest BCUT2D eigenvalue weighted by atomic mass is 10.1. The first-order valence-electron chi connectivity index (χ1n) is 9.12. The molecule has 0 unspecified atom stereocenters. The smallest absolute Gasteiger partial charge is 0.449 e. The lowest BCUT2D eigenvalue weighted by Crippen LogP contribution is -2.36. The number of aromatic nitrogens is 2. The summed E-state index contributed by atoms with van der Waals surface area (Å²) in [7, 11) is 0. The molecule has 2 heterocycles. The van der Waals surface area contributed by atoms with E-state index in [4.69, 9.17) is 9.47 Å². The normalized spacial score (nSPS) is 14.6. The van der Waals surface area contributed by atoms with Gasteiger partial charge in [-0.05, 0) is 26.3 Å². The zero-order chi connectivity index (χ0) is 20.3. The molecule has 3 rings (SSSR count). The maximum Gasteiger partial charge on any atom is 0.449 e. The van der Waals surface area contributed by atoms with E-state index in [9.17, 15) is 18.0 Å². The van der Waals surface area contributed by atoms with Crippen molar-refractivity contribution in [1.29, 1.82) is 0 Å². The molecule has 0 radical (unpaired) electrons. The van der Waals surface area contributed by atoms with Crippen LogP contribution in [0, 0.1) is 0 Å². The molecule has 0 saturated carbocycles. The Morgan fingerprint density at radius 1 is 1.21 bits per heavy atom. The van der Waals surface area contributed by atoms with E-state index >= 15 is 0 Å². The Bertz CT molecular complexity index is 896. The van der Waals surface area contributed by atoms with E-state index in [0.29, 0.717) is 49.8 Å². The first-order chi connectivity index (χ1) is 13.3. The van der Waals surface area contributed by atoms with Gasteiger partial charge in [0.2, 0.25) is 5.82 Å². The van der Waals surface area contributed by atoms with Crippen LogP contribution in [0.4, 0.5) is 13.2 Å². The molecule has 0 amide bonds. The number of nitrogens with zero attached hydrogens (tertiary/aromatic N) is 2. The molecule has 1 aromatic carbocycles. The van der Waals surface area contributed by atoms with Crippen LogP contribution in [0.25, 0.3) is 0 Å². The number of H-pyrrole nitrogens is 1. The van der Waals surface area contributed by atoms with Gasteiger partial charge >= 0.3 is 6.18 Å². The highest BCUT2D eigenvalue weighted by Crippen LogP contribution is 2.29. The fourth-order valence-corrected chi connectivity index (χ4v) is 3.22. The Kier molecular flexibility index (Phi) is 5.93. The first-order valence-corrected chi connectivity index (χ1v) is 9.12. The van der Waals surface area contributed by atoms with Crippen LogP contribution >= 0.6 is 0 Å². The van der Waals surface area contributed by atoms with Gasteiger partial charge in [0.1, 0.15) is 11.5 Å². The monoisotopic (exact) mass is 397 g/mol. The highest BCUT2D eigenvalue weighted by Gasteiger charge is 2.36. The number of ether oxygens (including phenoxy) is 2. The van der Waals surface area contributed by atoms with Gasteiger partial charge in [-0.15, -0.1) is 0 Å². The van der Waals surface area contributed by atoms with Crippen LogP contribution in [0.5, 0.6) is 11.5 Å². The third-order valence-electron chi connectivity index (χ3n) is 4.46. The molecule has 1 N–H and O–H groups in total. The predicted molar refractivity (Wildman–Crippen MR) is 96.5 cm³/mol. The fraction of sp³-hybridized carbons (Fsp3) is 0.474. The first kappa shape index (κ1) is 20.2. The predicted octanol–water partition coefficient (Wildman–Crippen LogP) is 3.14. The molecule has 6 nitrogen and oxygen atoms in total. The van der Waals surface area contributed by atoms with Crippen molar-refractivity contribution in [2.75, 3.05) is 19.8 Å². The van der Waals surface area contributed by atoms with E-state index in [1.165, 1.54) is 0 Å². The van der Waals surface area contributed by atoms with Gasteiger partial charge in [0, 0.05) is 36.8 Å². The average Bonchev–Trinajstić information content (AvgIpc) is 2.63. The molecule has 0 spiro atoms.